The third kappa shape index (κ3) is 3.84. The zero-order chi connectivity index (χ0) is 23.9. The number of tetrazole rings is 1. The summed E-state index contributed by atoms with van der Waals surface area (Å²) in [6.45, 7) is 2.65. The fourth-order valence-corrected chi connectivity index (χ4v) is 4.82. The van der Waals surface area contributed by atoms with Crippen LogP contribution in [0.2, 0.25) is 5.02 Å². The van der Waals surface area contributed by atoms with E-state index in [1.54, 1.807) is 10.7 Å². The number of aryl methyl sites for hydroxylation is 1. The molecule has 9 nitrogen and oxygen atoms in total. The number of nitrogens with zero attached hydrogens (tertiary/aromatic N) is 6. The van der Waals surface area contributed by atoms with Gasteiger partial charge < -0.3 is 9.73 Å². The quantitative estimate of drug-likeness (QED) is 0.266. The minimum absolute atomic E-state index is 0.529. The minimum atomic E-state index is 0.529. The van der Waals surface area contributed by atoms with Gasteiger partial charge in [-0.3, -0.25) is 0 Å². The zero-order valence-corrected chi connectivity index (χ0v) is 20.8. The van der Waals surface area contributed by atoms with Crippen LogP contribution in [-0.2, 0) is 13.0 Å². The molecule has 0 aliphatic heterocycles. The van der Waals surface area contributed by atoms with Crippen molar-refractivity contribution in [1.29, 1.82) is 0 Å². The van der Waals surface area contributed by atoms with Gasteiger partial charge in [0.15, 0.2) is 11.5 Å². The van der Waals surface area contributed by atoms with Crippen molar-refractivity contribution in [3.05, 3.63) is 75.5 Å². The molecule has 4 heterocycles. The van der Waals surface area contributed by atoms with Gasteiger partial charge in [0, 0.05) is 34.8 Å². The summed E-state index contributed by atoms with van der Waals surface area (Å²) >= 11 is 10.0. The van der Waals surface area contributed by atoms with E-state index in [1.807, 2.05) is 42.5 Å². The van der Waals surface area contributed by atoms with Crippen LogP contribution in [0.1, 0.15) is 18.2 Å². The van der Waals surface area contributed by atoms with Crippen molar-refractivity contribution < 1.29 is 4.42 Å². The summed E-state index contributed by atoms with van der Waals surface area (Å²) in [5.41, 5.74) is 5.19. The molecule has 0 unspecified atom stereocenters. The Morgan fingerprint density at radius 2 is 2.00 bits per heavy atom. The second kappa shape index (κ2) is 8.79. The van der Waals surface area contributed by atoms with Gasteiger partial charge in [-0.1, -0.05) is 48.9 Å². The minimum Gasteiger partial charge on any atom is -0.455 e. The Balaban J connectivity index is 1.34. The molecule has 0 spiro atoms. The van der Waals surface area contributed by atoms with Crippen LogP contribution in [0.25, 0.3) is 39.3 Å². The van der Waals surface area contributed by atoms with Crippen molar-refractivity contribution in [3.8, 4) is 22.7 Å². The summed E-state index contributed by atoms with van der Waals surface area (Å²) in [7, 11) is 0. The highest BCUT2D eigenvalue weighted by molar-refractivity contribution is 9.10. The summed E-state index contributed by atoms with van der Waals surface area (Å²) in [5, 5.41) is 23.6. The van der Waals surface area contributed by atoms with E-state index < -0.39 is 0 Å². The number of anilines is 1. The van der Waals surface area contributed by atoms with Crippen LogP contribution in [0.5, 0.6) is 0 Å². The van der Waals surface area contributed by atoms with Gasteiger partial charge in [-0.05, 0) is 50.5 Å². The monoisotopic (exact) mass is 548 g/mol. The first-order chi connectivity index (χ1) is 17.1. The summed E-state index contributed by atoms with van der Waals surface area (Å²) < 4.78 is 8.84. The first-order valence-electron chi connectivity index (χ1n) is 10.9. The summed E-state index contributed by atoms with van der Waals surface area (Å²) in [6.07, 6.45) is 2.41. The smallest absolute Gasteiger partial charge is 0.180 e. The van der Waals surface area contributed by atoms with Crippen molar-refractivity contribution in [2.24, 2.45) is 0 Å². The molecule has 0 bridgehead atoms. The Labute approximate surface area is 212 Å². The maximum atomic E-state index is 6.27. The van der Waals surface area contributed by atoms with Crippen LogP contribution < -0.4 is 5.32 Å². The lowest BCUT2D eigenvalue weighted by Crippen LogP contribution is -2.07. The Kier molecular flexibility index (Phi) is 5.46. The molecule has 0 saturated heterocycles. The average molecular weight is 550 g/mol. The standard InChI is InChI=1S/C24H18BrClN8O/c1-2-14-10-20(34-24(29-14)18(26)12-28-34)27-11-13-7-8-19-17(9-13)21(25)22(35-19)15-5-3-4-6-16(15)23-30-32-33-31-23/h3-10,12,27H,2,11H2,1H3,(H,30,31,32,33). The molecule has 0 saturated carbocycles. The lowest BCUT2D eigenvalue weighted by molar-refractivity contribution is 0.630. The van der Waals surface area contributed by atoms with Crippen molar-refractivity contribution in [3.63, 3.8) is 0 Å². The van der Waals surface area contributed by atoms with Crippen LogP contribution >= 0.6 is 27.5 Å². The SMILES string of the molecule is CCc1cc(NCc2ccc3oc(-c4ccccc4-c4nnn[nH]4)c(Br)c3c2)n2ncc(Cl)c2n1. The fourth-order valence-electron chi connectivity index (χ4n) is 4.04. The predicted molar refractivity (Wildman–Crippen MR) is 137 cm³/mol. The Morgan fingerprint density at radius 1 is 1.14 bits per heavy atom. The first-order valence-corrected chi connectivity index (χ1v) is 12.1. The molecule has 0 amide bonds. The predicted octanol–water partition coefficient (Wildman–Crippen LogP) is 5.91. The van der Waals surface area contributed by atoms with E-state index in [2.05, 4.69) is 64.9 Å². The van der Waals surface area contributed by atoms with Crippen LogP contribution in [0, 0.1) is 0 Å². The van der Waals surface area contributed by atoms with E-state index in [4.69, 9.17) is 16.0 Å². The molecular weight excluding hydrogens is 532 g/mol. The van der Waals surface area contributed by atoms with E-state index in [9.17, 15) is 0 Å². The Bertz CT molecular complexity index is 1670. The fraction of sp³-hybridized carbons (Fsp3) is 0.125. The number of rotatable bonds is 6. The summed E-state index contributed by atoms with van der Waals surface area (Å²) in [6, 6.07) is 15.9. The van der Waals surface area contributed by atoms with Crippen molar-refractivity contribution >= 4 is 50.0 Å². The van der Waals surface area contributed by atoms with Crippen LogP contribution in [-0.4, -0.2) is 35.2 Å². The average Bonchev–Trinajstić information content (AvgIpc) is 3.63. The molecule has 0 aliphatic rings. The van der Waals surface area contributed by atoms with E-state index >= 15 is 0 Å². The molecule has 0 radical (unpaired) electrons. The molecule has 35 heavy (non-hydrogen) atoms. The van der Waals surface area contributed by atoms with Gasteiger partial charge in [0.2, 0.25) is 0 Å². The van der Waals surface area contributed by atoms with Crippen LogP contribution in [0.15, 0.2) is 63.6 Å². The molecule has 174 valence electrons. The highest BCUT2D eigenvalue weighted by Gasteiger charge is 2.19. The molecule has 11 heteroatoms. The second-order valence-electron chi connectivity index (χ2n) is 7.94. The van der Waals surface area contributed by atoms with Gasteiger partial charge in [-0.25, -0.2) is 10.1 Å². The van der Waals surface area contributed by atoms with E-state index in [-0.39, 0.29) is 0 Å². The summed E-state index contributed by atoms with van der Waals surface area (Å²) in [4.78, 5) is 4.57. The normalized spacial score (nSPS) is 11.5. The molecule has 6 aromatic rings. The maximum absolute atomic E-state index is 6.27. The number of hydrogen-bond donors (Lipinski definition) is 2. The largest absolute Gasteiger partial charge is 0.455 e. The number of hydrogen-bond acceptors (Lipinski definition) is 7. The number of nitrogens with one attached hydrogen (secondary N) is 2. The Morgan fingerprint density at radius 3 is 2.80 bits per heavy atom. The number of H-pyrrole nitrogens is 1. The lowest BCUT2D eigenvalue weighted by atomic mass is 10.0. The van der Waals surface area contributed by atoms with Crippen molar-refractivity contribution in [2.75, 3.05) is 5.32 Å². The van der Waals surface area contributed by atoms with Gasteiger partial charge in [0.25, 0.3) is 0 Å². The van der Waals surface area contributed by atoms with Gasteiger partial charge in [0.1, 0.15) is 22.2 Å². The van der Waals surface area contributed by atoms with E-state index in [1.165, 1.54) is 0 Å². The number of aromatic nitrogens is 7. The third-order valence-electron chi connectivity index (χ3n) is 5.78. The molecule has 2 N–H and O–H groups in total. The molecule has 4 aromatic heterocycles. The second-order valence-corrected chi connectivity index (χ2v) is 9.14. The molecule has 6 rings (SSSR count). The maximum Gasteiger partial charge on any atom is 0.180 e. The first kappa shape index (κ1) is 21.8. The Hall–Kier alpha value is -3.76. The molecular formula is C24H18BrClN8O. The molecule has 0 atom stereocenters. The van der Waals surface area contributed by atoms with Crippen LogP contribution in [0.4, 0.5) is 5.82 Å². The summed E-state index contributed by atoms with van der Waals surface area (Å²) in [5.74, 6) is 2.12. The van der Waals surface area contributed by atoms with Gasteiger partial charge in [-0.15, -0.1) is 5.10 Å². The number of furan rings is 1. The number of fused-ring (bicyclic) bond motifs is 2. The van der Waals surface area contributed by atoms with E-state index in [0.29, 0.717) is 28.8 Å². The van der Waals surface area contributed by atoms with Gasteiger partial charge >= 0.3 is 0 Å². The molecule has 0 aliphatic carbocycles. The number of aromatic amines is 1. The zero-order valence-electron chi connectivity index (χ0n) is 18.5. The van der Waals surface area contributed by atoms with E-state index in [0.717, 1.165) is 50.1 Å². The highest BCUT2D eigenvalue weighted by atomic mass is 79.9. The highest BCUT2D eigenvalue weighted by Crippen LogP contribution is 2.41. The number of halogens is 2. The van der Waals surface area contributed by atoms with Crippen molar-refractivity contribution in [2.45, 2.75) is 19.9 Å². The van der Waals surface area contributed by atoms with Crippen molar-refractivity contribution in [1.82, 2.24) is 35.2 Å². The third-order valence-corrected chi connectivity index (χ3v) is 6.84. The number of benzene rings is 2. The topological polar surface area (TPSA) is 110 Å². The lowest BCUT2D eigenvalue weighted by Gasteiger charge is -2.10. The van der Waals surface area contributed by atoms with Gasteiger partial charge in [0.05, 0.1) is 10.7 Å². The molecule has 2 aromatic carbocycles. The molecule has 0 fully saturated rings. The van der Waals surface area contributed by atoms with Crippen LogP contribution in [0.3, 0.4) is 0 Å². The van der Waals surface area contributed by atoms with Gasteiger partial charge in [-0.2, -0.15) is 9.61 Å².